The Morgan fingerprint density at radius 2 is 1.97 bits per heavy atom. The van der Waals surface area contributed by atoms with Crippen LogP contribution in [0.25, 0.3) is 11.0 Å². The number of amides is 1. The topological polar surface area (TPSA) is 59.4 Å². The van der Waals surface area contributed by atoms with E-state index in [1.807, 2.05) is 20.1 Å². The highest BCUT2D eigenvalue weighted by Gasteiger charge is 2.35. The van der Waals surface area contributed by atoms with E-state index in [0.29, 0.717) is 24.3 Å². The van der Waals surface area contributed by atoms with Gasteiger partial charge in [-0.25, -0.2) is 4.98 Å². The molecule has 3 aromatic rings. The minimum absolute atomic E-state index is 0.0689. The highest BCUT2D eigenvalue weighted by atomic mass is 16.5. The van der Waals surface area contributed by atoms with E-state index in [1.54, 1.807) is 0 Å². The van der Waals surface area contributed by atoms with Gasteiger partial charge in [0, 0.05) is 44.8 Å². The van der Waals surface area contributed by atoms with E-state index in [9.17, 15) is 4.79 Å². The van der Waals surface area contributed by atoms with Crippen LogP contribution in [0.4, 0.5) is 5.69 Å². The molecule has 1 fully saturated rings. The van der Waals surface area contributed by atoms with Gasteiger partial charge in [-0.3, -0.25) is 4.79 Å². The van der Waals surface area contributed by atoms with Gasteiger partial charge in [0.2, 0.25) is 5.91 Å². The van der Waals surface area contributed by atoms with Crippen LogP contribution in [0.2, 0.25) is 0 Å². The number of aromatic nitrogens is 2. The summed E-state index contributed by atoms with van der Waals surface area (Å²) < 4.78 is 8.60. The number of piperidine rings is 1. The van der Waals surface area contributed by atoms with Gasteiger partial charge in [0.1, 0.15) is 5.82 Å². The van der Waals surface area contributed by atoms with Crippen LogP contribution in [-0.2, 0) is 22.4 Å². The lowest BCUT2D eigenvalue weighted by molar-refractivity contribution is -0.115. The molecule has 0 radical (unpaired) electrons. The summed E-state index contributed by atoms with van der Waals surface area (Å²) in [4.78, 5) is 19.4. The van der Waals surface area contributed by atoms with Crippen molar-refractivity contribution in [1.82, 2.24) is 14.5 Å². The third kappa shape index (κ3) is 4.94. The number of fused-ring (bicyclic) bond motifs is 2. The molecule has 0 spiro atoms. The number of likely N-dealkylation sites (tertiary alicyclic amines) is 1. The van der Waals surface area contributed by atoms with Crippen LogP contribution in [0, 0.1) is 12.8 Å². The van der Waals surface area contributed by atoms with Crippen LogP contribution in [0.3, 0.4) is 0 Å². The molecule has 1 aromatic heterocycles. The number of anilines is 1. The molecule has 1 amide bonds. The Balaban J connectivity index is 1.28. The standard InChI is InChI=1S/C30H40N4O2/c1-6-29(35)31-24-9-8-22-14-21(15-23(22)16-24)17-33-12-11-27(28(18-33)36-5)34-26-10-7-20(4)13-25(26)32-30(34)19(2)3/h7-10,13,16,19,21,27-28H,6,11-12,14-15,17-18H2,1-5H3,(H,31,35)/t21?,27-,28-/m0/s1. The number of carbonyl (C=O) groups excluding carboxylic acids is 1. The number of nitrogens with one attached hydrogen (secondary N) is 1. The third-order valence-corrected chi connectivity index (χ3v) is 7.98. The first-order valence-electron chi connectivity index (χ1n) is 13.5. The number of carbonyl (C=O) groups is 1. The number of hydrogen-bond donors (Lipinski definition) is 1. The SMILES string of the molecule is CCC(=O)Nc1ccc2c(c1)CC(CN1CC[C@H](n3c(C(C)C)nc4cc(C)ccc43)[C@@H](OC)C1)C2. The fraction of sp³-hybridized carbons (Fsp3) is 0.533. The van der Waals surface area contributed by atoms with E-state index in [2.05, 4.69) is 65.9 Å². The Labute approximate surface area is 215 Å². The van der Waals surface area contributed by atoms with E-state index in [4.69, 9.17) is 9.72 Å². The number of rotatable bonds is 7. The maximum Gasteiger partial charge on any atom is 0.224 e. The van der Waals surface area contributed by atoms with E-state index < -0.39 is 0 Å². The van der Waals surface area contributed by atoms with E-state index in [1.165, 1.54) is 22.2 Å². The Morgan fingerprint density at radius 1 is 1.17 bits per heavy atom. The quantitative estimate of drug-likeness (QED) is 0.478. The second-order valence-corrected chi connectivity index (χ2v) is 11.0. The largest absolute Gasteiger partial charge is 0.378 e. The molecule has 2 heterocycles. The fourth-order valence-corrected chi connectivity index (χ4v) is 6.17. The third-order valence-electron chi connectivity index (χ3n) is 7.98. The van der Waals surface area contributed by atoms with Crippen molar-refractivity contribution in [3.63, 3.8) is 0 Å². The molecule has 192 valence electrons. The molecular formula is C30H40N4O2. The van der Waals surface area contributed by atoms with Crippen molar-refractivity contribution < 1.29 is 9.53 Å². The Bertz CT molecular complexity index is 1250. The second-order valence-electron chi connectivity index (χ2n) is 11.0. The van der Waals surface area contributed by atoms with Gasteiger partial charge in [-0.1, -0.05) is 32.9 Å². The zero-order valence-corrected chi connectivity index (χ0v) is 22.4. The highest BCUT2D eigenvalue weighted by Crippen LogP contribution is 2.35. The predicted molar refractivity (Wildman–Crippen MR) is 146 cm³/mol. The molecule has 1 unspecified atom stereocenters. The molecular weight excluding hydrogens is 448 g/mol. The highest BCUT2D eigenvalue weighted by molar-refractivity contribution is 5.90. The summed E-state index contributed by atoms with van der Waals surface area (Å²) in [5.74, 6) is 2.19. The molecule has 5 rings (SSSR count). The molecule has 6 heteroatoms. The van der Waals surface area contributed by atoms with Gasteiger partial charge in [-0.2, -0.15) is 0 Å². The van der Waals surface area contributed by atoms with E-state index in [-0.39, 0.29) is 12.0 Å². The summed E-state index contributed by atoms with van der Waals surface area (Å²) >= 11 is 0. The Morgan fingerprint density at radius 3 is 2.72 bits per heavy atom. The van der Waals surface area contributed by atoms with Gasteiger partial charge in [-0.05, 0) is 73.1 Å². The van der Waals surface area contributed by atoms with Gasteiger partial charge < -0.3 is 19.5 Å². The lowest BCUT2D eigenvalue weighted by atomic mass is 9.97. The number of methoxy groups -OCH3 is 1. The van der Waals surface area contributed by atoms with Crippen molar-refractivity contribution in [2.24, 2.45) is 5.92 Å². The summed E-state index contributed by atoms with van der Waals surface area (Å²) in [6.07, 6.45) is 3.88. The summed E-state index contributed by atoms with van der Waals surface area (Å²) in [7, 11) is 1.86. The van der Waals surface area contributed by atoms with Crippen LogP contribution in [0.15, 0.2) is 36.4 Å². The lowest BCUT2D eigenvalue weighted by Crippen LogP contribution is -2.47. The number of hydrogen-bond acceptors (Lipinski definition) is 4. The van der Waals surface area contributed by atoms with Crippen LogP contribution >= 0.6 is 0 Å². The summed E-state index contributed by atoms with van der Waals surface area (Å²) in [5, 5.41) is 3.00. The number of nitrogens with zero attached hydrogens (tertiary/aromatic N) is 3. The Kier molecular flexibility index (Phi) is 7.18. The normalized spacial score (nSPS) is 22.3. The zero-order chi connectivity index (χ0) is 25.4. The summed E-state index contributed by atoms with van der Waals surface area (Å²) in [6.45, 7) is 11.6. The van der Waals surface area contributed by atoms with Gasteiger partial charge in [0.05, 0.1) is 23.2 Å². The van der Waals surface area contributed by atoms with Crippen LogP contribution in [0.5, 0.6) is 0 Å². The monoisotopic (exact) mass is 488 g/mol. The van der Waals surface area contributed by atoms with Gasteiger partial charge in [0.25, 0.3) is 0 Å². The smallest absolute Gasteiger partial charge is 0.224 e. The van der Waals surface area contributed by atoms with Gasteiger partial charge in [-0.15, -0.1) is 0 Å². The average Bonchev–Trinajstić information content (AvgIpc) is 3.44. The van der Waals surface area contributed by atoms with Gasteiger partial charge in [0.15, 0.2) is 0 Å². The predicted octanol–water partition coefficient (Wildman–Crippen LogP) is 5.49. The van der Waals surface area contributed by atoms with Crippen molar-refractivity contribution in [2.75, 3.05) is 32.1 Å². The lowest BCUT2D eigenvalue weighted by Gasteiger charge is -2.40. The van der Waals surface area contributed by atoms with Crippen molar-refractivity contribution in [3.8, 4) is 0 Å². The number of imidazole rings is 1. The van der Waals surface area contributed by atoms with Crippen LogP contribution in [-0.4, -0.2) is 53.2 Å². The molecule has 36 heavy (non-hydrogen) atoms. The van der Waals surface area contributed by atoms with E-state index >= 15 is 0 Å². The molecule has 1 saturated heterocycles. The first kappa shape index (κ1) is 25.0. The molecule has 2 aromatic carbocycles. The van der Waals surface area contributed by atoms with E-state index in [0.717, 1.165) is 55.9 Å². The fourth-order valence-electron chi connectivity index (χ4n) is 6.17. The number of aryl methyl sites for hydroxylation is 1. The molecule has 0 saturated carbocycles. The molecule has 0 bridgehead atoms. The van der Waals surface area contributed by atoms with Crippen molar-refractivity contribution in [3.05, 3.63) is 58.9 Å². The van der Waals surface area contributed by atoms with Crippen LogP contribution < -0.4 is 5.32 Å². The number of ether oxygens (including phenoxy) is 1. The summed E-state index contributed by atoms with van der Waals surface area (Å²) in [5.41, 5.74) is 7.29. The molecule has 3 atom stereocenters. The van der Waals surface area contributed by atoms with Crippen molar-refractivity contribution >= 4 is 22.6 Å². The summed E-state index contributed by atoms with van der Waals surface area (Å²) in [6, 6.07) is 13.3. The van der Waals surface area contributed by atoms with Crippen molar-refractivity contribution in [2.45, 2.75) is 71.4 Å². The molecule has 6 nitrogen and oxygen atoms in total. The maximum atomic E-state index is 11.8. The average molecular weight is 489 g/mol. The van der Waals surface area contributed by atoms with Crippen molar-refractivity contribution in [1.29, 1.82) is 0 Å². The van der Waals surface area contributed by atoms with Crippen LogP contribution in [0.1, 0.15) is 68.1 Å². The Hall–Kier alpha value is -2.70. The second kappa shape index (κ2) is 10.3. The molecule has 1 aliphatic carbocycles. The van der Waals surface area contributed by atoms with Gasteiger partial charge >= 0.3 is 0 Å². The maximum absolute atomic E-state index is 11.8. The molecule has 1 aliphatic heterocycles. The molecule has 1 N–H and O–H groups in total. The first-order chi connectivity index (χ1) is 17.4. The first-order valence-corrected chi connectivity index (χ1v) is 13.5. The molecule has 2 aliphatic rings. The minimum Gasteiger partial charge on any atom is -0.378 e. The zero-order valence-electron chi connectivity index (χ0n) is 22.4. The number of benzene rings is 2. The minimum atomic E-state index is 0.0689.